The van der Waals surface area contributed by atoms with Gasteiger partial charge in [0.1, 0.15) is 25.6 Å². The standard InChI is InChI=1S/C9H14NO/c1-7-5-9(10(3)4)6-8(2)11-7/h5-6H,1-4H3/q+1. The second-order valence-corrected chi connectivity index (χ2v) is 2.93. The van der Waals surface area contributed by atoms with Gasteiger partial charge in [-0.3, -0.25) is 0 Å². The Morgan fingerprint density at radius 1 is 1.09 bits per heavy atom. The lowest BCUT2D eigenvalue weighted by Gasteiger charge is -1.94. The Labute approximate surface area is 66.8 Å². The maximum atomic E-state index is 5.34. The summed E-state index contributed by atoms with van der Waals surface area (Å²) in [6, 6.07) is 4.04. The Bertz CT molecular complexity index is 295. The lowest BCUT2D eigenvalue weighted by Crippen LogP contribution is -2.21. The highest BCUT2D eigenvalue weighted by Crippen LogP contribution is 1.96. The maximum absolute atomic E-state index is 5.34. The summed E-state index contributed by atoms with van der Waals surface area (Å²) < 4.78 is 7.41. The first-order valence-electron chi connectivity index (χ1n) is 3.68. The Morgan fingerprint density at radius 2 is 1.55 bits per heavy atom. The van der Waals surface area contributed by atoms with Crippen LogP contribution in [0, 0.1) is 13.8 Å². The fraction of sp³-hybridized carbons (Fsp3) is 0.444. The zero-order valence-corrected chi connectivity index (χ0v) is 7.51. The van der Waals surface area contributed by atoms with Crippen molar-refractivity contribution in [3.63, 3.8) is 0 Å². The second kappa shape index (κ2) is 2.91. The molecule has 2 heteroatoms. The molecule has 1 aromatic rings. The summed E-state index contributed by atoms with van der Waals surface area (Å²) in [7, 11) is 4.04. The molecule has 0 bridgehead atoms. The van der Waals surface area contributed by atoms with Crippen molar-refractivity contribution in [1.29, 1.82) is 0 Å². The van der Waals surface area contributed by atoms with Crippen LogP contribution in [-0.2, 0) is 0 Å². The summed E-state index contributed by atoms with van der Waals surface area (Å²) in [6.07, 6.45) is 0. The quantitative estimate of drug-likeness (QED) is 0.505. The van der Waals surface area contributed by atoms with E-state index in [1.54, 1.807) is 0 Å². The highest BCUT2D eigenvalue weighted by atomic mass is 16.3. The largest absolute Gasteiger partial charge is 0.466 e. The van der Waals surface area contributed by atoms with Crippen molar-refractivity contribution >= 4 is 0 Å². The molecule has 0 aliphatic heterocycles. The van der Waals surface area contributed by atoms with Crippen LogP contribution in [0.3, 0.4) is 0 Å². The molecule has 0 aliphatic rings. The molecule has 0 aromatic carbocycles. The Morgan fingerprint density at radius 3 is 1.91 bits per heavy atom. The Hall–Kier alpha value is -1.05. The third-order valence-electron chi connectivity index (χ3n) is 1.54. The molecule has 0 saturated carbocycles. The highest BCUT2D eigenvalue weighted by Gasteiger charge is 1.95. The molecule has 1 aromatic heterocycles. The molecule has 0 fully saturated rings. The van der Waals surface area contributed by atoms with Crippen LogP contribution in [0.25, 0.3) is 0 Å². The van der Waals surface area contributed by atoms with Crippen molar-refractivity contribution in [2.24, 2.45) is 0 Å². The van der Waals surface area contributed by atoms with E-state index in [2.05, 4.69) is 4.58 Å². The lowest BCUT2D eigenvalue weighted by atomic mass is 10.3. The van der Waals surface area contributed by atoms with Crippen molar-refractivity contribution in [3.05, 3.63) is 29.0 Å². The van der Waals surface area contributed by atoms with Crippen molar-refractivity contribution in [2.45, 2.75) is 13.8 Å². The molecule has 0 spiro atoms. The first-order chi connectivity index (χ1) is 5.09. The average molecular weight is 152 g/mol. The van der Waals surface area contributed by atoms with E-state index in [1.807, 2.05) is 40.1 Å². The SMILES string of the molecule is Cc1cc(=[N+](C)C)cc(C)o1. The molecule has 0 saturated heterocycles. The van der Waals surface area contributed by atoms with Crippen molar-refractivity contribution in [1.82, 2.24) is 4.58 Å². The molecule has 0 amide bonds. The van der Waals surface area contributed by atoms with Crippen LogP contribution in [0.5, 0.6) is 0 Å². The van der Waals surface area contributed by atoms with Crippen molar-refractivity contribution in [3.8, 4) is 0 Å². The van der Waals surface area contributed by atoms with E-state index in [0.29, 0.717) is 0 Å². The molecular formula is C9H14NO+. The molecule has 0 unspecified atom stereocenters. The summed E-state index contributed by atoms with van der Waals surface area (Å²) in [4.78, 5) is 0. The number of aryl methyl sites for hydroxylation is 2. The first kappa shape index (κ1) is 8.05. The lowest BCUT2D eigenvalue weighted by molar-refractivity contribution is 0.481. The first-order valence-corrected chi connectivity index (χ1v) is 3.68. The fourth-order valence-electron chi connectivity index (χ4n) is 1.03. The van der Waals surface area contributed by atoms with Gasteiger partial charge in [0.2, 0.25) is 5.36 Å². The van der Waals surface area contributed by atoms with E-state index >= 15 is 0 Å². The molecule has 1 heterocycles. The summed E-state index contributed by atoms with van der Waals surface area (Å²) in [5, 5.41) is 1.19. The van der Waals surface area contributed by atoms with Gasteiger partial charge in [0.15, 0.2) is 0 Å². The van der Waals surface area contributed by atoms with E-state index in [0.717, 1.165) is 11.5 Å². The van der Waals surface area contributed by atoms with Crippen LogP contribution >= 0.6 is 0 Å². The topological polar surface area (TPSA) is 16.1 Å². The van der Waals surface area contributed by atoms with Gasteiger partial charge in [-0.05, 0) is 13.8 Å². The third-order valence-corrected chi connectivity index (χ3v) is 1.54. The van der Waals surface area contributed by atoms with E-state index in [4.69, 9.17) is 4.42 Å². The second-order valence-electron chi connectivity index (χ2n) is 2.93. The molecule has 0 atom stereocenters. The van der Waals surface area contributed by atoms with Gasteiger partial charge in [-0.2, -0.15) is 0 Å². The van der Waals surface area contributed by atoms with Gasteiger partial charge in [0.25, 0.3) is 0 Å². The van der Waals surface area contributed by atoms with Gasteiger partial charge in [-0.1, -0.05) is 0 Å². The van der Waals surface area contributed by atoms with Gasteiger partial charge in [0, 0.05) is 12.1 Å². The summed E-state index contributed by atoms with van der Waals surface area (Å²) in [5.74, 6) is 1.91. The van der Waals surface area contributed by atoms with E-state index in [9.17, 15) is 0 Å². The van der Waals surface area contributed by atoms with E-state index in [1.165, 1.54) is 5.36 Å². The Kier molecular flexibility index (Phi) is 2.13. The normalized spacial score (nSPS) is 9.82. The van der Waals surface area contributed by atoms with E-state index in [-0.39, 0.29) is 0 Å². The van der Waals surface area contributed by atoms with Crippen LogP contribution in [0.15, 0.2) is 16.5 Å². The van der Waals surface area contributed by atoms with E-state index < -0.39 is 0 Å². The summed E-state index contributed by atoms with van der Waals surface area (Å²) >= 11 is 0. The molecule has 1 rings (SSSR count). The van der Waals surface area contributed by atoms with Gasteiger partial charge >= 0.3 is 0 Å². The molecular weight excluding hydrogens is 138 g/mol. The molecule has 0 radical (unpaired) electrons. The molecule has 2 nitrogen and oxygen atoms in total. The maximum Gasteiger partial charge on any atom is 0.206 e. The van der Waals surface area contributed by atoms with Crippen molar-refractivity contribution in [2.75, 3.05) is 14.1 Å². The third kappa shape index (κ3) is 1.93. The predicted molar refractivity (Wildman–Crippen MR) is 45.3 cm³/mol. The molecule has 0 N–H and O–H groups in total. The number of nitrogens with zero attached hydrogens (tertiary/aromatic N) is 1. The number of hydrogen-bond acceptors (Lipinski definition) is 1. The molecule has 0 aliphatic carbocycles. The van der Waals surface area contributed by atoms with Crippen molar-refractivity contribution < 1.29 is 4.42 Å². The number of rotatable bonds is 0. The molecule has 60 valence electrons. The van der Waals surface area contributed by atoms with Crippen LogP contribution in [0.2, 0.25) is 0 Å². The molecule has 11 heavy (non-hydrogen) atoms. The average Bonchev–Trinajstić information content (AvgIpc) is 1.85. The monoisotopic (exact) mass is 152 g/mol. The van der Waals surface area contributed by atoms with Gasteiger partial charge < -0.3 is 4.42 Å². The minimum absolute atomic E-state index is 0.953. The van der Waals surface area contributed by atoms with Gasteiger partial charge in [-0.25, -0.2) is 4.58 Å². The fourth-order valence-corrected chi connectivity index (χ4v) is 1.03. The highest BCUT2D eigenvalue weighted by molar-refractivity contribution is 5.02. The zero-order valence-electron chi connectivity index (χ0n) is 7.51. The van der Waals surface area contributed by atoms with Gasteiger partial charge in [-0.15, -0.1) is 0 Å². The van der Waals surface area contributed by atoms with Crippen LogP contribution < -0.4 is 9.93 Å². The van der Waals surface area contributed by atoms with Gasteiger partial charge in [0.05, 0.1) is 0 Å². The number of hydrogen-bond donors (Lipinski definition) is 0. The van der Waals surface area contributed by atoms with Crippen LogP contribution in [0.4, 0.5) is 0 Å². The summed E-state index contributed by atoms with van der Waals surface area (Å²) in [6.45, 7) is 3.92. The smallest absolute Gasteiger partial charge is 0.206 e. The minimum atomic E-state index is 0.953. The van der Waals surface area contributed by atoms with Crippen LogP contribution in [-0.4, -0.2) is 14.1 Å². The minimum Gasteiger partial charge on any atom is -0.466 e. The Balaban J connectivity index is 3.43. The zero-order chi connectivity index (χ0) is 8.43. The predicted octanol–water partition coefficient (Wildman–Crippen LogP) is 0.928. The summed E-state index contributed by atoms with van der Waals surface area (Å²) in [5.41, 5.74) is 0. The van der Waals surface area contributed by atoms with Crippen LogP contribution in [0.1, 0.15) is 11.5 Å².